The lowest BCUT2D eigenvalue weighted by molar-refractivity contribution is -0.132. The molecule has 4 aliphatic rings. The van der Waals surface area contributed by atoms with E-state index in [1.165, 1.54) is 36.3 Å². The average Bonchev–Trinajstić information content (AvgIpc) is 3.50. The van der Waals surface area contributed by atoms with Gasteiger partial charge in [-0.05, 0) is 44.9 Å². The first-order valence-corrected chi connectivity index (χ1v) is 9.23. The molecule has 1 aliphatic heterocycles. The summed E-state index contributed by atoms with van der Waals surface area (Å²) in [7, 11) is 0. The van der Waals surface area contributed by atoms with Gasteiger partial charge >= 0.3 is 0 Å². The number of amides is 1. The van der Waals surface area contributed by atoms with Crippen LogP contribution in [0, 0.1) is 5.92 Å². The summed E-state index contributed by atoms with van der Waals surface area (Å²) >= 11 is 0. The minimum absolute atomic E-state index is 0.339. The van der Waals surface area contributed by atoms with E-state index in [0.717, 1.165) is 57.7 Å². The molecule has 0 aromatic carbocycles. The third-order valence-corrected chi connectivity index (χ3v) is 5.69. The van der Waals surface area contributed by atoms with Crippen molar-refractivity contribution in [2.75, 3.05) is 31.1 Å². The summed E-state index contributed by atoms with van der Waals surface area (Å²) in [5.41, 5.74) is 2.68. The maximum atomic E-state index is 12.2. The molecule has 5 nitrogen and oxygen atoms in total. The van der Waals surface area contributed by atoms with E-state index in [4.69, 9.17) is 9.97 Å². The number of hydrogen-bond donors (Lipinski definition) is 0. The van der Waals surface area contributed by atoms with Crippen LogP contribution >= 0.6 is 0 Å². The number of carbonyl (C=O) groups excluding carboxylic acids is 1. The molecule has 122 valence electrons. The summed E-state index contributed by atoms with van der Waals surface area (Å²) < 4.78 is 0. The van der Waals surface area contributed by atoms with Crippen LogP contribution in [0.1, 0.15) is 55.1 Å². The lowest BCUT2D eigenvalue weighted by Gasteiger charge is -2.36. The van der Waals surface area contributed by atoms with Crippen LogP contribution in [0.25, 0.3) is 0 Å². The Balaban J connectivity index is 1.36. The molecule has 2 heterocycles. The van der Waals surface area contributed by atoms with Crippen molar-refractivity contribution in [2.24, 2.45) is 5.92 Å². The Labute approximate surface area is 137 Å². The highest BCUT2D eigenvalue weighted by Crippen LogP contribution is 2.40. The Morgan fingerprint density at radius 2 is 1.74 bits per heavy atom. The van der Waals surface area contributed by atoms with Crippen LogP contribution in [-0.2, 0) is 17.6 Å². The Morgan fingerprint density at radius 1 is 0.957 bits per heavy atom. The lowest BCUT2D eigenvalue weighted by atomic mass is 10.2. The van der Waals surface area contributed by atoms with Gasteiger partial charge in [-0.2, -0.15) is 0 Å². The first kappa shape index (κ1) is 13.8. The molecule has 1 aromatic heterocycles. The van der Waals surface area contributed by atoms with Crippen molar-refractivity contribution in [3.8, 4) is 0 Å². The minimum Gasteiger partial charge on any atom is -0.353 e. The quantitative estimate of drug-likeness (QED) is 0.855. The molecule has 0 spiro atoms. The van der Waals surface area contributed by atoms with Gasteiger partial charge in [0.1, 0.15) is 11.6 Å². The zero-order valence-corrected chi connectivity index (χ0v) is 13.6. The fourth-order valence-electron chi connectivity index (χ4n) is 3.94. The SMILES string of the molecule is O=C(C1CC1)N1CCN(c2nc(C3CC3)nc3c2CCC3)CC1. The van der Waals surface area contributed by atoms with Crippen molar-refractivity contribution in [3.05, 3.63) is 17.1 Å². The van der Waals surface area contributed by atoms with Crippen molar-refractivity contribution in [1.82, 2.24) is 14.9 Å². The van der Waals surface area contributed by atoms with Gasteiger partial charge in [-0.3, -0.25) is 4.79 Å². The summed E-state index contributed by atoms with van der Waals surface area (Å²) in [6.45, 7) is 3.55. The van der Waals surface area contributed by atoms with Crippen LogP contribution in [-0.4, -0.2) is 47.0 Å². The molecular formula is C18H24N4O. The van der Waals surface area contributed by atoms with Gasteiger partial charge in [-0.25, -0.2) is 9.97 Å². The number of fused-ring (bicyclic) bond motifs is 1. The molecule has 1 amide bonds. The standard InChI is InChI=1S/C18H24N4O/c23-18(13-6-7-13)22-10-8-21(9-11-22)17-14-2-1-3-15(14)19-16(20-17)12-4-5-12/h12-13H,1-11H2. The molecule has 0 atom stereocenters. The third kappa shape index (κ3) is 2.50. The second-order valence-electron chi connectivity index (χ2n) is 7.55. The first-order chi connectivity index (χ1) is 11.3. The van der Waals surface area contributed by atoms with Crippen molar-refractivity contribution < 1.29 is 4.79 Å². The van der Waals surface area contributed by atoms with Crippen molar-refractivity contribution in [2.45, 2.75) is 50.9 Å². The molecule has 2 saturated carbocycles. The van der Waals surface area contributed by atoms with Gasteiger partial charge < -0.3 is 9.80 Å². The van der Waals surface area contributed by atoms with Crippen LogP contribution in [0.4, 0.5) is 5.82 Å². The predicted octanol–water partition coefficient (Wildman–Crippen LogP) is 1.90. The Bertz CT molecular complexity index is 643. The molecule has 5 rings (SSSR count). The Morgan fingerprint density at radius 3 is 2.43 bits per heavy atom. The zero-order chi connectivity index (χ0) is 15.4. The molecular weight excluding hydrogens is 288 g/mol. The van der Waals surface area contributed by atoms with Gasteiger partial charge in [0.05, 0.1) is 0 Å². The zero-order valence-electron chi connectivity index (χ0n) is 13.6. The molecule has 0 unspecified atom stereocenters. The minimum atomic E-state index is 0.339. The van der Waals surface area contributed by atoms with E-state index in [9.17, 15) is 4.79 Å². The van der Waals surface area contributed by atoms with E-state index in [1.54, 1.807) is 0 Å². The highest BCUT2D eigenvalue weighted by atomic mass is 16.2. The van der Waals surface area contributed by atoms with Crippen LogP contribution in [0.2, 0.25) is 0 Å². The lowest BCUT2D eigenvalue weighted by Crippen LogP contribution is -2.49. The van der Waals surface area contributed by atoms with E-state index < -0.39 is 0 Å². The summed E-state index contributed by atoms with van der Waals surface area (Å²) in [5.74, 6) is 3.60. The number of aryl methyl sites for hydroxylation is 1. The molecule has 3 aliphatic carbocycles. The highest BCUT2D eigenvalue weighted by molar-refractivity contribution is 5.81. The maximum Gasteiger partial charge on any atom is 0.225 e. The first-order valence-electron chi connectivity index (χ1n) is 9.23. The predicted molar refractivity (Wildman–Crippen MR) is 87.5 cm³/mol. The van der Waals surface area contributed by atoms with Crippen LogP contribution in [0.5, 0.6) is 0 Å². The van der Waals surface area contributed by atoms with E-state index in [-0.39, 0.29) is 0 Å². The largest absolute Gasteiger partial charge is 0.353 e. The Kier molecular flexibility index (Phi) is 3.10. The fourth-order valence-corrected chi connectivity index (χ4v) is 3.94. The smallest absolute Gasteiger partial charge is 0.225 e. The fraction of sp³-hybridized carbons (Fsp3) is 0.722. The van der Waals surface area contributed by atoms with Gasteiger partial charge in [0, 0.05) is 49.3 Å². The van der Waals surface area contributed by atoms with Gasteiger partial charge in [-0.1, -0.05) is 0 Å². The van der Waals surface area contributed by atoms with Crippen molar-refractivity contribution in [1.29, 1.82) is 0 Å². The van der Waals surface area contributed by atoms with Crippen molar-refractivity contribution in [3.63, 3.8) is 0 Å². The van der Waals surface area contributed by atoms with Gasteiger partial charge in [0.2, 0.25) is 5.91 Å². The monoisotopic (exact) mass is 312 g/mol. The van der Waals surface area contributed by atoms with Gasteiger partial charge in [0.25, 0.3) is 0 Å². The summed E-state index contributed by atoms with van der Waals surface area (Å²) in [6.07, 6.45) is 8.16. The number of anilines is 1. The Hall–Kier alpha value is -1.65. The van der Waals surface area contributed by atoms with Gasteiger partial charge in [-0.15, -0.1) is 0 Å². The molecule has 1 aromatic rings. The molecule has 23 heavy (non-hydrogen) atoms. The molecule has 0 radical (unpaired) electrons. The number of carbonyl (C=O) groups is 1. The molecule has 3 fully saturated rings. The summed E-state index contributed by atoms with van der Waals surface area (Å²) in [5, 5.41) is 0. The topological polar surface area (TPSA) is 49.3 Å². The maximum absolute atomic E-state index is 12.2. The number of piperazine rings is 1. The number of rotatable bonds is 3. The highest BCUT2D eigenvalue weighted by Gasteiger charge is 2.36. The second kappa shape index (κ2) is 5.18. The molecule has 1 saturated heterocycles. The third-order valence-electron chi connectivity index (χ3n) is 5.69. The van der Waals surface area contributed by atoms with Crippen LogP contribution < -0.4 is 4.90 Å². The van der Waals surface area contributed by atoms with E-state index >= 15 is 0 Å². The molecule has 0 bridgehead atoms. The second-order valence-corrected chi connectivity index (χ2v) is 7.55. The van der Waals surface area contributed by atoms with E-state index in [0.29, 0.717) is 17.7 Å². The van der Waals surface area contributed by atoms with Crippen LogP contribution in [0.3, 0.4) is 0 Å². The summed E-state index contributed by atoms with van der Waals surface area (Å²) in [6, 6.07) is 0. The number of nitrogens with zero attached hydrogens (tertiary/aromatic N) is 4. The number of aromatic nitrogens is 2. The normalized spacial score (nSPS) is 24.0. The van der Waals surface area contributed by atoms with Crippen LogP contribution in [0.15, 0.2) is 0 Å². The number of hydrogen-bond acceptors (Lipinski definition) is 4. The summed E-state index contributed by atoms with van der Waals surface area (Å²) in [4.78, 5) is 26.5. The van der Waals surface area contributed by atoms with E-state index in [1.807, 2.05) is 0 Å². The van der Waals surface area contributed by atoms with E-state index in [2.05, 4.69) is 9.80 Å². The van der Waals surface area contributed by atoms with Gasteiger partial charge in [0.15, 0.2) is 0 Å². The molecule has 0 N–H and O–H groups in total. The van der Waals surface area contributed by atoms with Crippen molar-refractivity contribution >= 4 is 11.7 Å². The average molecular weight is 312 g/mol. The molecule has 5 heteroatoms.